The van der Waals surface area contributed by atoms with Crippen LogP contribution in [0.2, 0.25) is 0 Å². The molecular formula is C16H14N4O4S. The van der Waals surface area contributed by atoms with Gasteiger partial charge in [-0.1, -0.05) is 17.3 Å². The van der Waals surface area contributed by atoms with Gasteiger partial charge in [-0.3, -0.25) is 4.79 Å². The Hall–Kier alpha value is -3.04. The summed E-state index contributed by atoms with van der Waals surface area (Å²) in [7, 11) is -3.77. The second-order valence-corrected chi connectivity index (χ2v) is 6.80. The summed E-state index contributed by atoms with van der Waals surface area (Å²) in [5.41, 5.74) is 1.49. The Morgan fingerprint density at radius 1 is 1.16 bits per heavy atom. The van der Waals surface area contributed by atoms with Crippen molar-refractivity contribution in [3.63, 3.8) is 0 Å². The first-order valence-electron chi connectivity index (χ1n) is 7.18. The number of carbonyl (C=O) groups excluding carboxylic acids is 1. The van der Waals surface area contributed by atoms with Crippen LogP contribution < -0.4 is 10.5 Å². The van der Waals surface area contributed by atoms with Gasteiger partial charge in [-0.05, 0) is 36.4 Å². The highest BCUT2D eigenvalue weighted by molar-refractivity contribution is 7.89. The lowest BCUT2D eigenvalue weighted by Gasteiger charge is -2.07. The smallest absolute Gasteiger partial charge is 0.255 e. The number of hydrogen-bond donors (Lipinski definition) is 2. The first kappa shape index (κ1) is 16.8. The van der Waals surface area contributed by atoms with Crippen LogP contribution in [0.25, 0.3) is 11.4 Å². The molecule has 0 radical (unpaired) electrons. The first-order valence-corrected chi connectivity index (χ1v) is 8.72. The maximum atomic E-state index is 12.4. The molecule has 0 spiro atoms. The molecule has 2 aromatic carbocycles. The van der Waals surface area contributed by atoms with Crippen LogP contribution in [0, 0.1) is 6.92 Å². The molecule has 0 saturated carbocycles. The monoisotopic (exact) mass is 358 g/mol. The van der Waals surface area contributed by atoms with Crippen LogP contribution in [0.15, 0.2) is 57.9 Å². The molecule has 128 valence electrons. The minimum Gasteiger partial charge on any atom is -0.339 e. The Morgan fingerprint density at radius 2 is 1.88 bits per heavy atom. The Labute approximate surface area is 143 Å². The standard InChI is InChI=1S/C16H14N4O4S/c1-10-18-15(20-24-10)11-3-2-4-12(9-11)16(21)19-13-5-7-14(8-6-13)25(17,22)23/h2-9H,1H3,(H,19,21)(H2,17,22,23). The molecule has 8 nitrogen and oxygen atoms in total. The number of primary sulfonamides is 1. The van der Waals surface area contributed by atoms with E-state index in [2.05, 4.69) is 15.5 Å². The van der Waals surface area contributed by atoms with Crippen molar-refractivity contribution in [1.82, 2.24) is 10.1 Å². The van der Waals surface area contributed by atoms with Gasteiger partial charge in [-0.15, -0.1) is 0 Å². The van der Waals surface area contributed by atoms with Crippen molar-refractivity contribution in [3.05, 3.63) is 60.0 Å². The summed E-state index contributed by atoms with van der Waals surface area (Å²) in [6.07, 6.45) is 0. The lowest BCUT2D eigenvalue weighted by Crippen LogP contribution is -2.14. The van der Waals surface area contributed by atoms with E-state index in [1.165, 1.54) is 24.3 Å². The third-order valence-corrected chi connectivity index (χ3v) is 4.28. The van der Waals surface area contributed by atoms with Gasteiger partial charge < -0.3 is 9.84 Å². The fourth-order valence-electron chi connectivity index (χ4n) is 2.15. The van der Waals surface area contributed by atoms with Crippen molar-refractivity contribution >= 4 is 21.6 Å². The minimum absolute atomic E-state index is 0.0278. The molecule has 0 unspecified atom stereocenters. The van der Waals surface area contributed by atoms with Gasteiger partial charge in [0.1, 0.15) is 0 Å². The lowest BCUT2D eigenvalue weighted by atomic mass is 10.1. The molecule has 25 heavy (non-hydrogen) atoms. The highest BCUT2D eigenvalue weighted by Crippen LogP contribution is 2.19. The number of aromatic nitrogens is 2. The van der Waals surface area contributed by atoms with Crippen molar-refractivity contribution in [2.75, 3.05) is 5.32 Å². The Morgan fingerprint density at radius 3 is 2.48 bits per heavy atom. The van der Waals surface area contributed by atoms with Gasteiger partial charge in [0.15, 0.2) is 0 Å². The number of hydrogen-bond acceptors (Lipinski definition) is 6. The maximum Gasteiger partial charge on any atom is 0.255 e. The van der Waals surface area contributed by atoms with E-state index < -0.39 is 10.0 Å². The molecule has 0 aliphatic rings. The molecule has 1 amide bonds. The number of anilines is 1. The maximum absolute atomic E-state index is 12.4. The van der Waals surface area contributed by atoms with Crippen LogP contribution in [0.4, 0.5) is 5.69 Å². The molecular weight excluding hydrogens is 344 g/mol. The fourth-order valence-corrected chi connectivity index (χ4v) is 2.66. The summed E-state index contributed by atoms with van der Waals surface area (Å²) < 4.78 is 27.4. The summed E-state index contributed by atoms with van der Waals surface area (Å²) in [4.78, 5) is 16.5. The van der Waals surface area contributed by atoms with Crippen molar-refractivity contribution < 1.29 is 17.7 Å². The van der Waals surface area contributed by atoms with E-state index in [1.54, 1.807) is 31.2 Å². The largest absolute Gasteiger partial charge is 0.339 e. The third kappa shape index (κ3) is 3.90. The molecule has 0 fully saturated rings. The molecule has 9 heteroatoms. The zero-order valence-corrected chi connectivity index (χ0v) is 13.9. The van der Waals surface area contributed by atoms with Gasteiger partial charge in [-0.2, -0.15) is 4.98 Å². The summed E-state index contributed by atoms with van der Waals surface area (Å²) in [6.45, 7) is 1.68. The van der Waals surface area contributed by atoms with Gasteiger partial charge >= 0.3 is 0 Å². The van der Waals surface area contributed by atoms with E-state index in [-0.39, 0.29) is 10.8 Å². The number of nitrogens with zero attached hydrogens (tertiary/aromatic N) is 2. The van der Waals surface area contributed by atoms with Crippen molar-refractivity contribution in [2.45, 2.75) is 11.8 Å². The van der Waals surface area contributed by atoms with Crippen LogP contribution in [-0.2, 0) is 10.0 Å². The van der Waals surface area contributed by atoms with E-state index in [9.17, 15) is 13.2 Å². The normalized spacial score (nSPS) is 11.3. The number of benzene rings is 2. The van der Waals surface area contributed by atoms with E-state index in [0.29, 0.717) is 28.5 Å². The second kappa shape index (κ2) is 6.46. The van der Waals surface area contributed by atoms with E-state index in [4.69, 9.17) is 9.66 Å². The number of nitrogens with two attached hydrogens (primary N) is 1. The van der Waals surface area contributed by atoms with Crippen LogP contribution in [0.3, 0.4) is 0 Å². The van der Waals surface area contributed by atoms with Gasteiger partial charge in [0.05, 0.1) is 4.90 Å². The molecule has 0 aliphatic carbocycles. The highest BCUT2D eigenvalue weighted by Gasteiger charge is 2.12. The minimum atomic E-state index is -3.77. The van der Waals surface area contributed by atoms with Gasteiger partial charge in [-0.25, -0.2) is 13.6 Å². The van der Waals surface area contributed by atoms with E-state index >= 15 is 0 Å². The highest BCUT2D eigenvalue weighted by atomic mass is 32.2. The molecule has 0 aliphatic heterocycles. The number of nitrogens with one attached hydrogen (secondary N) is 1. The van der Waals surface area contributed by atoms with Crippen LogP contribution >= 0.6 is 0 Å². The average Bonchev–Trinajstić information content (AvgIpc) is 3.01. The van der Waals surface area contributed by atoms with Gasteiger partial charge in [0.25, 0.3) is 5.91 Å². The van der Waals surface area contributed by atoms with Crippen LogP contribution in [0.5, 0.6) is 0 Å². The molecule has 3 rings (SSSR count). The number of carbonyl (C=O) groups is 1. The topological polar surface area (TPSA) is 128 Å². The molecule has 1 aromatic heterocycles. The predicted molar refractivity (Wildman–Crippen MR) is 90.2 cm³/mol. The van der Waals surface area contributed by atoms with Crippen molar-refractivity contribution in [3.8, 4) is 11.4 Å². The second-order valence-electron chi connectivity index (χ2n) is 5.24. The van der Waals surface area contributed by atoms with Gasteiger partial charge in [0, 0.05) is 23.7 Å². The van der Waals surface area contributed by atoms with Crippen molar-refractivity contribution in [1.29, 1.82) is 0 Å². The van der Waals surface area contributed by atoms with E-state index in [1.807, 2.05) is 0 Å². The zero-order valence-electron chi connectivity index (χ0n) is 13.1. The molecule has 3 aromatic rings. The summed E-state index contributed by atoms with van der Waals surface area (Å²) in [5.74, 6) is 0.467. The lowest BCUT2D eigenvalue weighted by molar-refractivity contribution is 0.102. The first-order chi connectivity index (χ1) is 11.8. The molecule has 3 N–H and O–H groups in total. The van der Waals surface area contributed by atoms with Gasteiger partial charge in [0.2, 0.25) is 21.7 Å². The van der Waals surface area contributed by atoms with Crippen molar-refractivity contribution in [2.24, 2.45) is 5.14 Å². The summed E-state index contributed by atoms with van der Waals surface area (Å²) in [5, 5.41) is 11.5. The summed E-state index contributed by atoms with van der Waals surface area (Å²) >= 11 is 0. The number of rotatable bonds is 4. The third-order valence-electron chi connectivity index (χ3n) is 3.35. The molecule has 1 heterocycles. The molecule has 0 atom stereocenters. The number of aryl methyl sites for hydroxylation is 1. The average molecular weight is 358 g/mol. The Bertz CT molecular complexity index is 1030. The number of sulfonamides is 1. The quantitative estimate of drug-likeness (QED) is 0.733. The SMILES string of the molecule is Cc1nc(-c2cccc(C(=O)Nc3ccc(S(N)(=O)=O)cc3)c2)no1. The summed E-state index contributed by atoms with van der Waals surface area (Å²) in [6, 6.07) is 12.3. The molecule has 0 bridgehead atoms. The fraction of sp³-hybridized carbons (Fsp3) is 0.0625. The number of amides is 1. The Balaban J connectivity index is 1.80. The Kier molecular flexibility index (Phi) is 4.34. The van der Waals surface area contributed by atoms with Crippen LogP contribution in [0.1, 0.15) is 16.2 Å². The predicted octanol–water partition coefficient (Wildman–Crippen LogP) is 1.94. The zero-order chi connectivity index (χ0) is 18.0. The molecule has 0 saturated heterocycles. The van der Waals surface area contributed by atoms with E-state index in [0.717, 1.165) is 0 Å². The van der Waals surface area contributed by atoms with Crippen LogP contribution in [-0.4, -0.2) is 24.5 Å².